The van der Waals surface area contributed by atoms with Crippen molar-refractivity contribution in [3.05, 3.63) is 58.0 Å². The van der Waals surface area contributed by atoms with Crippen molar-refractivity contribution in [3.63, 3.8) is 0 Å². The number of aryl methyl sites for hydroxylation is 1. The highest BCUT2D eigenvalue weighted by atomic mass is 16.5. The minimum atomic E-state index is -1.06. The number of hydrogen-bond donors (Lipinski definition) is 2. The number of aromatic nitrogens is 1. The van der Waals surface area contributed by atoms with Gasteiger partial charge in [-0.2, -0.15) is 0 Å². The van der Waals surface area contributed by atoms with E-state index in [0.717, 1.165) is 0 Å². The number of carbonyl (C=O) groups is 2. The Morgan fingerprint density at radius 3 is 2.42 bits per heavy atom. The Labute approximate surface area is 150 Å². The Morgan fingerprint density at radius 1 is 1.15 bits per heavy atom. The third-order valence-electron chi connectivity index (χ3n) is 3.84. The Morgan fingerprint density at radius 2 is 1.85 bits per heavy atom. The number of rotatable bonds is 7. The maximum absolute atomic E-state index is 12.5. The Hall–Kier alpha value is -3.29. The molecular formula is C18H20N2O6. The second-order valence-corrected chi connectivity index (χ2v) is 5.61. The van der Waals surface area contributed by atoms with Gasteiger partial charge in [-0.05, 0) is 23.8 Å². The number of nitrogens with zero attached hydrogens (tertiary/aromatic N) is 1. The largest absolute Gasteiger partial charge is 0.493 e. The first-order valence-electron chi connectivity index (χ1n) is 7.77. The zero-order chi connectivity index (χ0) is 19.3. The zero-order valence-electron chi connectivity index (χ0n) is 14.7. The number of methoxy groups -OCH3 is 2. The molecule has 0 bridgehead atoms. The molecule has 0 aliphatic heterocycles. The van der Waals surface area contributed by atoms with E-state index in [2.05, 4.69) is 5.32 Å². The second kappa shape index (κ2) is 8.19. The summed E-state index contributed by atoms with van der Waals surface area (Å²) in [5, 5.41) is 11.9. The summed E-state index contributed by atoms with van der Waals surface area (Å²) in [5.41, 5.74) is 0.565. The summed E-state index contributed by atoms with van der Waals surface area (Å²) < 4.78 is 11.7. The highest BCUT2D eigenvalue weighted by molar-refractivity contribution is 5.94. The fourth-order valence-electron chi connectivity index (χ4n) is 2.47. The molecular weight excluding hydrogens is 340 g/mol. The van der Waals surface area contributed by atoms with Crippen molar-refractivity contribution in [1.82, 2.24) is 9.88 Å². The summed E-state index contributed by atoms with van der Waals surface area (Å²) in [6.45, 7) is 0. The zero-order valence-corrected chi connectivity index (χ0v) is 14.7. The Bertz CT molecular complexity index is 874. The van der Waals surface area contributed by atoms with Crippen molar-refractivity contribution >= 4 is 11.9 Å². The van der Waals surface area contributed by atoms with Gasteiger partial charge in [0.15, 0.2) is 11.5 Å². The summed E-state index contributed by atoms with van der Waals surface area (Å²) >= 11 is 0. The van der Waals surface area contributed by atoms with Gasteiger partial charge >= 0.3 is 5.97 Å². The van der Waals surface area contributed by atoms with E-state index in [9.17, 15) is 19.5 Å². The molecule has 1 aromatic heterocycles. The van der Waals surface area contributed by atoms with Gasteiger partial charge in [0.25, 0.3) is 5.91 Å². The number of amides is 1. The molecule has 0 radical (unpaired) electrons. The minimum Gasteiger partial charge on any atom is -0.493 e. The molecule has 0 saturated carbocycles. The van der Waals surface area contributed by atoms with Crippen LogP contribution >= 0.6 is 0 Å². The van der Waals surface area contributed by atoms with Crippen molar-refractivity contribution in [2.24, 2.45) is 7.05 Å². The fraction of sp³-hybridized carbons (Fsp3) is 0.278. The van der Waals surface area contributed by atoms with Gasteiger partial charge < -0.3 is 24.5 Å². The summed E-state index contributed by atoms with van der Waals surface area (Å²) in [5.74, 6) is -0.626. The topological polar surface area (TPSA) is 107 Å². The van der Waals surface area contributed by atoms with Crippen molar-refractivity contribution in [1.29, 1.82) is 0 Å². The van der Waals surface area contributed by atoms with Gasteiger partial charge in [-0.25, -0.2) is 0 Å². The van der Waals surface area contributed by atoms with Gasteiger partial charge in [0.1, 0.15) is 0 Å². The average Bonchev–Trinajstić information content (AvgIpc) is 2.62. The van der Waals surface area contributed by atoms with Crippen LogP contribution < -0.4 is 20.3 Å². The fourth-order valence-corrected chi connectivity index (χ4v) is 2.47. The van der Waals surface area contributed by atoms with Gasteiger partial charge in [-0.15, -0.1) is 0 Å². The van der Waals surface area contributed by atoms with E-state index in [0.29, 0.717) is 17.1 Å². The molecule has 1 aromatic carbocycles. The van der Waals surface area contributed by atoms with Gasteiger partial charge in [0, 0.05) is 19.3 Å². The summed E-state index contributed by atoms with van der Waals surface area (Å²) in [6.07, 6.45) is 1.08. The number of aliphatic carboxylic acids is 1. The van der Waals surface area contributed by atoms with Crippen molar-refractivity contribution < 1.29 is 24.2 Å². The Kier molecular flexibility index (Phi) is 6.00. The number of pyridine rings is 1. The normalized spacial score (nSPS) is 11.5. The highest BCUT2D eigenvalue weighted by Crippen LogP contribution is 2.31. The molecule has 1 atom stereocenters. The number of hydrogen-bond acceptors (Lipinski definition) is 5. The number of benzene rings is 1. The first-order chi connectivity index (χ1) is 12.3. The molecule has 2 aromatic rings. The highest BCUT2D eigenvalue weighted by Gasteiger charge is 2.21. The van der Waals surface area contributed by atoms with E-state index in [-0.39, 0.29) is 17.5 Å². The lowest BCUT2D eigenvalue weighted by Gasteiger charge is -2.19. The lowest BCUT2D eigenvalue weighted by Crippen LogP contribution is -2.31. The van der Waals surface area contributed by atoms with Crippen LogP contribution in [0.1, 0.15) is 28.4 Å². The van der Waals surface area contributed by atoms with Gasteiger partial charge in [0.05, 0.1) is 32.2 Å². The average molecular weight is 360 g/mol. The van der Waals surface area contributed by atoms with Crippen LogP contribution in [0.4, 0.5) is 0 Å². The van der Waals surface area contributed by atoms with Crippen LogP contribution in [0, 0.1) is 0 Å². The van der Waals surface area contributed by atoms with Crippen LogP contribution in [0.15, 0.2) is 41.3 Å². The van der Waals surface area contributed by atoms with Gasteiger partial charge in [0.2, 0.25) is 5.56 Å². The molecule has 138 valence electrons. The van der Waals surface area contributed by atoms with Crippen LogP contribution in [0.2, 0.25) is 0 Å². The molecule has 8 heteroatoms. The third kappa shape index (κ3) is 4.41. The third-order valence-corrected chi connectivity index (χ3v) is 3.84. The maximum atomic E-state index is 12.5. The second-order valence-electron chi connectivity index (χ2n) is 5.61. The summed E-state index contributed by atoms with van der Waals surface area (Å²) in [7, 11) is 4.49. The molecule has 1 amide bonds. The minimum absolute atomic E-state index is 0.247. The smallest absolute Gasteiger partial charge is 0.305 e. The van der Waals surface area contributed by atoms with E-state index >= 15 is 0 Å². The molecule has 0 aliphatic rings. The summed E-state index contributed by atoms with van der Waals surface area (Å²) in [4.78, 5) is 35.1. The molecule has 2 N–H and O–H groups in total. The standard InChI is InChI=1S/C18H20N2O6/c1-20-10-12(5-7-16(20)21)18(24)19-13(9-17(22)23)11-4-6-14(25-2)15(8-11)26-3/h4-8,10,13H,9H2,1-3H3,(H,19,24)(H,22,23). The van der Waals surface area contributed by atoms with Crippen LogP contribution in [0.25, 0.3) is 0 Å². The molecule has 8 nitrogen and oxygen atoms in total. The SMILES string of the molecule is COc1ccc(C(CC(=O)O)NC(=O)c2ccc(=O)n(C)c2)cc1OC. The molecule has 2 rings (SSSR count). The van der Waals surface area contributed by atoms with Crippen molar-refractivity contribution in [3.8, 4) is 11.5 Å². The van der Waals surface area contributed by atoms with E-state index in [1.165, 1.54) is 44.2 Å². The Balaban J connectivity index is 2.32. The first-order valence-corrected chi connectivity index (χ1v) is 7.77. The monoisotopic (exact) mass is 360 g/mol. The van der Waals surface area contributed by atoms with Gasteiger partial charge in [-0.1, -0.05) is 6.07 Å². The molecule has 0 saturated heterocycles. The molecule has 26 heavy (non-hydrogen) atoms. The van der Waals surface area contributed by atoms with Gasteiger partial charge in [-0.3, -0.25) is 14.4 Å². The van der Waals surface area contributed by atoms with Crippen LogP contribution in [-0.2, 0) is 11.8 Å². The van der Waals surface area contributed by atoms with Crippen LogP contribution in [-0.4, -0.2) is 35.8 Å². The van der Waals surface area contributed by atoms with Crippen LogP contribution in [0.5, 0.6) is 11.5 Å². The molecule has 0 aliphatic carbocycles. The van der Waals surface area contributed by atoms with Crippen molar-refractivity contribution in [2.75, 3.05) is 14.2 Å². The van der Waals surface area contributed by atoms with E-state index in [1.54, 1.807) is 18.2 Å². The number of carbonyl (C=O) groups excluding carboxylic acids is 1. The maximum Gasteiger partial charge on any atom is 0.305 e. The van der Waals surface area contributed by atoms with E-state index < -0.39 is 17.9 Å². The number of ether oxygens (including phenoxy) is 2. The molecule has 1 unspecified atom stereocenters. The number of carboxylic acid groups (broad SMARTS) is 1. The predicted octanol–water partition coefficient (Wildman–Crippen LogP) is 1.35. The lowest BCUT2D eigenvalue weighted by molar-refractivity contribution is -0.137. The molecule has 0 fully saturated rings. The van der Waals surface area contributed by atoms with E-state index in [4.69, 9.17) is 9.47 Å². The molecule has 0 spiro atoms. The van der Waals surface area contributed by atoms with Crippen molar-refractivity contribution in [2.45, 2.75) is 12.5 Å². The quantitative estimate of drug-likeness (QED) is 0.772. The molecule has 1 heterocycles. The number of nitrogens with one attached hydrogen (secondary N) is 1. The number of carboxylic acids is 1. The van der Waals surface area contributed by atoms with Crippen LogP contribution in [0.3, 0.4) is 0 Å². The summed E-state index contributed by atoms with van der Waals surface area (Å²) in [6, 6.07) is 6.81. The first kappa shape index (κ1) is 19.0. The van der Waals surface area contributed by atoms with E-state index in [1.807, 2.05) is 0 Å². The lowest BCUT2D eigenvalue weighted by atomic mass is 10.0. The predicted molar refractivity (Wildman–Crippen MR) is 93.7 cm³/mol.